The van der Waals surface area contributed by atoms with E-state index in [0.29, 0.717) is 13.0 Å². The molecule has 152 valence electrons. The Kier molecular flexibility index (Phi) is 5.88. The summed E-state index contributed by atoms with van der Waals surface area (Å²) < 4.78 is 7.06. The number of amides is 1. The second-order valence-corrected chi connectivity index (χ2v) is 7.17. The number of hydrogen-bond donors (Lipinski definition) is 2. The minimum absolute atomic E-state index is 0.460. The van der Waals surface area contributed by atoms with Crippen molar-refractivity contribution in [1.29, 1.82) is 0 Å². The van der Waals surface area contributed by atoms with Gasteiger partial charge in [-0.15, -0.1) is 0 Å². The molecule has 2 aromatic carbocycles. The van der Waals surface area contributed by atoms with Gasteiger partial charge < -0.3 is 9.14 Å². The molecule has 0 saturated carbocycles. The fourth-order valence-electron chi connectivity index (χ4n) is 3.66. The Labute approximate surface area is 174 Å². The number of benzene rings is 2. The first-order chi connectivity index (χ1) is 14.7. The molecule has 4 rings (SSSR count). The molecule has 30 heavy (non-hydrogen) atoms. The smallest absolute Gasteiger partial charge is 0.252 e. The van der Waals surface area contributed by atoms with Crippen LogP contribution in [0.2, 0.25) is 0 Å². The maximum Gasteiger partial charge on any atom is 0.252 e. The van der Waals surface area contributed by atoms with Crippen molar-refractivity contribution < 1.29 is 14.7 Å². The third-order valence-corrected chi connectivity index (χ3v) is 5.21. The lowest BCUT2D eigenvalue weighted by Gasteiger charge is -2.15. The van der Waals surface area contributed by atoms with Gasteiger partial charge in [-0.1, -0.05) is 54.6 Å². The maximum atomic E-state index is 12.4. The summed E-state index contributed by atoms with van der Waals surface area (Å²) in [7, 11) is 1.68. The van der Waals surface area contributed by atoms with Gasteiger partial charge in [0.15, 0.2) is 0 Å². The summed E-state index contributed by atoms with van der Waals surface area (Å²) in [5.74, 6) is -1.02. The van der Waals surface area contributed by atoms with Crippen molar-refractivity contribution in [1.82, 2.24) is 14.9 Å². The number of nitrogens with one attached hydrogen (secondary N) is 1. The standard InChI is InChI=1S/C24H23N3O3/c1-30-16-18-7-9-19(10-8-18)20-11-12-27-22(15-25-23(27)14-20)21(24(28)26-29)13-17-5-3-2-4-6-17/h2-12,14-15,21,29H,13,16H2,1H3,(H,26,28). The highest BCUT2D eigenvalue weighted by molar-refractivity contribution is 5.83. The van der Waals surface area contributed by atoms with E-state index in [1.165, 1.54) is 0 Å². The number of nitrogens with zero attached hydrogens (tertiary/aromatic N) is 2. The van der Waals surface area contributed by atoms with E-state index in [9.17, 15) is 10.0 Å². The Bertz CT molecular complexity index is 1140. The first kappa shape index (κ1) is 19.8. The summed E-state index contributed by atoms with van der Waals surface area (Å²) in [6.45, 7) is 0.582. The Balaban J connectivity index is 1.67. The van der Waals surface area contributed by atoms with Crippen molar-refractivity contribution in [2.75, 3.05) is 7.11 Å². The van der Waals surface area contributed by atoms with E-state index in [2.05, 4.69) is 17.1 Å². The Morgan fingerprint density at radius 3 is 2.53 bits per heavy atom. The second-order valence-electron chi connectivity index (χ2n) is 7.17. The monoisotopic (exact) mass is 401 g/mol. The van der Waals surface area contributed by atoms with Gasteiger partial charge in [0.25, 0.3) is 5.91 Å². The molecule has 2 N–H and O–H groups in total. The van der Waals surface area contributed by atoms with Crippen LogP contribution < -0.4 is 5.48 Å². The number of carbonyl (C=O) groups is 1. The molecule has 6 heteroatoms. The molecule has 0 saturated heterocycles. The number of pyridine rings is 1. The highest BCUT2D eigenvalue weighted by Gasteiger charge is 2.24. The summed E-state index contributed by atoms with van der Waals surface area (Å²) in [4.78, 5) is 16.9. The number of ether oxygens (including phenoxy) is 1. The van der Waals surface area contributed by atoms with Crippen LogP contribution in [0.5, 0.6) is 0 Å². The largest absolute Gasteiger partial charge is 0.380 e. The van der Waals surface area contributed by atoms with Gasteiger partial charge in [-0.25, -0.2) is 10.5 Å². The van der Waals surface area contributed by atoms with Crippen LogP contribution >= 0.6 is 0 Å². The first-order valence-corrected chi connectivity index (χ1v) is 9.72. The quantitative estimate of drug-likeness (QED) is 0.363. The van der Waals surface area contributed by atoms with E-state index in [4.69, 9.17) is 4.74 Å². The fraction of sp³-hybridized carbons (Fsp3) is 0.167. The molecule has 0 fully saturated rings. The van der Waals surface area contributed by atoms with Gasteiger partial charge in [0.2, 0.25) is 0 Å². The van der Waals surface area contributed by atoms with Crippen molar-refractivity contribution in [3.05, 3.63) is 95.9 Å². The van der Waals surface area contributed by atoms with Crippen LogP contribution in [0.25, 0.3) is 16.8 Å². The molecule has 1 atom stereocenters. The van der Waals surface area contributed by atoms with Crippen molar-refractivity contribution in [3.8, 4) is 11.1 Å². The average Bonchev–Trinajstić information content (AvgIpc) is 3.21. The number of aromatic nitrogens is 2. The Morgan fingerprint density at radius 1 is 1.07 bits per heavy atom. The van der Waals surface area contributed by atoms with E-state index < -0.39 is 11.8 Å². The molecule has 0 spiro atoms. The maximum absolute atomic E-state index is 12.4. The van der Waals surface area contributed by atoms with Crippen LogP contribution in [-0.4, -0.2) is 27.6 Å². The van der Waals surface area contributed by atoms with Crippen molar-refractivity contribution in [2.24, 2.45) is 0 Å². The van der Waals surface area contributed by atoms with Crippen molar-refractivity contribution >= 4 is 11.6 Å². The van der Waals surface area contributed by atoms with E-state index >= 15 is 0 Å². The van der Waals surface area contributed by atoms with Crippen molar-refractivity contribution in [2.45, 2.75) is 18.9 Å². The summed E-state index contributed by atoms with van der Waals surface area (Å²) in [6.07, 6.45) is 4.08. The van der Waals surface area contributed by atoms with Gasteiger partial charge in [-0.05, 0) is 40.8 Å². The lowest BCUT2D eigenvalue weighted by Crippen LogP contribution is -2.28. The van der Waals surface area contributed by atoms with Crippen LogP contribution in [0.15, 0.2) is 79.1 Å². The molecule has 0 aliphatic heterocycles. The number of imidazole rings is 1. The predicted molar refractivity (Wildman–Crippen MR) is 114 cm³/mol. The summed E-state index contributed by atoms with van der Waals surface area (Å²) >= 11 is 0. The van der Waals surface area contributed by atoms with Crippen LogP contribution in [-0.2, 0) is 22.6 Å². The van der Waals surface area contributed by atoms with Crippen molar-refractivity contribution in [3.63, 3.8) is 0 Å². The molecular formula is C24H23N3O3. The third kappa shape index (κ3) is 4.10. The molecule has 2 heterocycles. The minimum Gasteiger partial charge on any atom is -0.380 e. The fourth-order valence-corrected chi connectivity index (χ4v) is 3.66. The lowest BCUT2D eigenvalue weighted by atomic mass is 9.96. The minimum atomic E-state index is -0.563. The highest BCUT2D eigenvalue weighted by atomic mass is 16.5. The molecule has 0 bridgehead atoms. The highest BCUT2D eigenvalue weighted by Crippen LogP contribution is 2.26. The molecule has 4 aromatic rings. The summed E-state index contributed by atoms with van der Waals surface area (Å²) in [5.41, 5.74) is 7.51. The zero-order valence-electron chi connectivity index (χ0n) is 16.7. The number of methoxy groups -OCH3 is 1. The Morgan fingerprint density at radius 2 is 1.83 bits per heavy atom. The number of rotatable bonds is 7. The van der Waals surface area contributed by atoms with Crippen LogP contribution in [0.4, 0.5) is 0 Å². The SMILES string of the molecule is COCc1ccc(-c2ccn3c(C(Cc4ccccc4)C(=O)NO)cnc3c2)cc1. The van der Waals surface area contributed by atoms with E-state index in [0.717, 1.165) is 33.6 Å². The van der Waals surface area contributed by atoms with Gasteiger partial charge >= 0.3 is 0 Å². The van der Waals surface area contributed by atoms with Gasteiger partial charge in [0, 0.05) is 13.3 Å². The Hall–Kier alpha value is -3.48. The molecule has 0 aliphatic rings. The molecule has 0 aliphatic carbocycles. The second kappa shape index (κ2) is 8.90. The summed E-state index contributed by atoms with van der Waals surface area (Å²) in [6, 6.07) is 21.9. The van der Waals surface area contributed by atoms with E-state index in [1.54, 1.807) is 18.8 Å². The number of fused-ring (bicyclic) bond motifs is 1. The van der Waals surface area contributed by atoms with Gasteiger partial charge in [0.1, 0.15) is 5.65 Å². The van der Waals surface area contributed by atoms with Gasteiger partial charge in [0.05, 0.1) is 24.4 Å². The van der Waals surface area contributed by atoms with Crippen LogP contribution in [0, 0.1) is 0 Å². The molecular weight excluding hydrogens is 378 g/mol. The lowest BCUT2D eigenvalue weighted by molar-refractivity contribution is -0.130. The molecule has 1 amide bonds. The molecule has 0 radical (unpaired) electrons. The number of carbonyl (C=O) groups excluding carboxylic acids is 1. The average molecular weight is 401 g/mol. The summed E-state index contributed by atoms with van der Waals surface area (Å²) in [5, 5.41) is 9.27. The van der Waals surface area contributed by atoms with Gasteiger partial charge in [-0.3, -0.25) is 10.0 Å². The zero-order chi connectivity index (χ0) is 20.9. The molecule has 1 unspecified atom stereocenters. The predicted octanol–water partition coefficient (Wildman–Crippen LogP) is 3.98. The first-order valence-electron chi connectivity index (χ1n) is 9.72. The van der Waals surface area contributed by atoms with Crippen LogP contribution in [0.1, 0.15) is 22.7 Å². The number of hydroxylamine groups is 1. The topological polar surface area (TPSA) is 75.9 Å². The molecule has 2 aromatic heterocycles. The van der Waals surface area contributed by atoms with Crippen LogP contribution in [0.3, 0.4) is 0 Å². The van der Waals surface area contributed by atoms with E-state index in [-0.39, 0.29) is 0 Å². The molecule has 6 nitrogen and oxygen atoms in total. The normalized spacial score (nSPS) is 12.1. The van der Waals surface area contributed by atoms with E-state index in [1.807, 2.05) is 65.2 Å². The van der Waals surface area contributed by atoms with Gasteiger partial charge in [-0.2, -0.15) is 0 Å². The zero-order valence-corrected chi connectivity index (χ0v) is 16.7. The third-order valence-electron chi connectivity index (χ3n) is 5.21. The number of hydrogen-bond acceptors (Lipinski definition) is 4.